The topological polar surface area (TPSA) is 38.1 Å². The van der Waals surface area contributed by atoms with E-state index < -0.39 is 11.6 Å². The van der Waals surface area contributed by atoms with Gasteiger partial charge in [-0.15, -0.1) is 0 Å². The van der Waals surface area contributed by atoms with E-state index in [1.54, 1.807) is 24.0 Å². The molecule has 7 heteroatoms. The Labute approximate surface area is 144 Å². The molecule has 0 bridgehead atoms. The summed E-state index contributed by atoms with van der Waals surface area (Å²) in [6.45, 7) is 1.25. The highest BCUT2D eigenvalue weighted by Crippen LogP contribution is 2.26. The number of carbonyl (C=O) groups is 1. The minimum Gasteiger partial charge on any atom is -0.332 e. The largest absolute Gasteiger partial charge is 0.332 e. The number of halogens is 3. The predicted octanol–water partition coefficient (Wildman–Crippen LogP) is 3.45. The zero-order valence-electron chi connectivity index (χ0n) is 13.3. The molecule has 0 N–H and O–H groups in total. The number of hydrogen-bond donors (Lipinski definition) is 0. The number of nitrogens with zero attached hydrogens (tertiary/aromatic N) is 3. The Kier molecular flexibility index (Phi) is 4.96. The number of piperidine rings is 1. The van der Waals surface area contributed by atoms with Crippen molar-refractivity contribution in [3.05, 3.63) is 52.6 Å². The van der Waals surface area contributed by atoms with Crippen LogP contribution in [-0.2, 0) is 13.6 Å². The molecule has 4 nitrogen and oxygen atoms in total. The van der Waals surface area contributed by atoms with E-state index in [0.29, 0.717) is 18.9 Å². The highest BCUT2D eigenvalue weighted by molar-refractivity contribution is 6.30. The molecule has 1 fully saturated rings. The third-order valence-corrected chi connectivity index (χ3v) is 4.73. The van der Waals surface area contributed by atoms with E-state index in [1.807, 2.05) is 4.90 Å². The molecule has 1 aliphatic heterocycles. The number of benzene rings is 1. The van der Waals surface area contributed by atoms with Gasteiger partial charge in [0.15, 0.2) is 5.82 Å². The van der Waals surface area contributed by atoms with Crippen LogP contribution in [0, 0.1) is 17.6 Å². The number of Topliss-reactive ketones (excluding diaryl/α,β-unsaturated/α-hetero) is 1. The number of rotatable bonds is 4. The number of imidazole rings is 1. The van der Waals surface area contributed by atoms with Gasteiger partial charge in [0.25, 0.3) is 0 Å². The normalized spacial score (nSPS) is 18.8. The van der Waals surface area contributed by atoms with Crippen molar-refractivity contribution in [2.24, 2.45) is 13.0 Å². The molecule has 2 heterocycles. The first-order valence-electron chi connectivity index (χ1n) is 7.83. The lowest BCUT2D eigenvalue weighted by atomic mass is 9.93. The minimum atomic E-state index is -0.728. The Hall–Kier alpha value is -1.79. The fraction of sp³-hybridized carbons (Fsp3) is 0.412. The van der Waals surface area contributed by atoms with Crippen LogP contribution in [-0.4, -0.2) is 33.3 Å². The van der Waals surface area contributed by atoms with Crippen LogP contribution in [0.3, 0.4) is 0 Å². The second-order valence-electron chi connectivity index (χ2n) is 6.12. The lowest BCUT2D eigenvalue weighted by Crippen LogP contribution is -2.39. The van der Waals surface area contributed by atoms with Crippen LogP contribution in [0.1, 0.15) is 29.0 Å². The summed E-state index contributed by atoms with van der Waals surface area (Å²) < 4.78 is 29.7. The molecule has 1 aromatic heterocycles. The monoisotopic (exact) mass is 353 g/mol. The predicted molar refractivity (Wildman–Crippen MR) is 86.9 cm³/mol. The van der Waals surface area contributed by atoms with Crippen molar-refractivity contribution in [2.45, 2.75) is 19.4 Å². The van der Waals surface area contributed by atoms with Crippen molar-refractivity contribution in [3.8, 4) is 0 Å². The van der Waals surface area contributed by atoms with E-state index >= 15 is 0 Å². The average molecular weight is 354 g/mol. The van der Waals surface area contributed by atoms with Crippen LogP contribution >= 0.6 is 11.6 Å². The third-order valence-electron chi connectivity index (χ3n) is 4.44. The van der Waals surface area contributed by atoms with Gasteiger partial charge in [0.2, 0.25) is 5.78 Å². The summed E-state index contributed by atoms with van der Waals surface area (Å²) in [4.78, 5) is 18.6. The smallest absolute Gasteiger partial charge is 0.202 e. The Morgan fingerprint density at radius 2 is 2.21 bits per heavy atom. The Morgan fingerprint density at radius 1 is 1.42 bits per heavy atom. The zero-order chi connectivity index (χ0) is 17.3. The van der Waals surface area contributed by atoms with E-state index in [1.165, 1.54) is 12.1 Å². The zero-order valence-corrected chi connectivity index (χ0v) is 14.1. The Bertz CT molecular complexity index is 762. The lowest BCUT2D eigenvalue weighted by Gasteiger charge is -2.32. The molecule has 1 aliphatic rings. The van der Waals surface area contributed by atoms with Gasteiger partial charge < -0.3 is 4.57 Å². The number of likely N-dealkylation sites (tertiary alicyclic amines) is 1. The van der Waals surface area contributed by atoms with Gasteiger partial charge in [-0.05, 0) is 31.5 Å². The third kappa shape index (κ3) is 3.35. The first kappa shape index (κ1) is 17.0. The van der Waals surface area contributed by atoms with Crippen LogP contribution in [0.25, 0.3) is 0 Å². The molecular formula is C17H18ClF2N3O. The van der Waals surface area contributed by atoms with Crippen molar-refractivity contribution in [3.63, 3.8) is 0 Å². The van der Waals surface area contributed by atoms with Crippen molar-refractivity contribution >= 4 is 17.4 Å². The second-order valence-corrected chi connectivity index (χ2v) is 6.53. The van der Waals surface area contributed by atoms with Crippen LogP contribution < -0.4 is 0 Å². The number of hydrogen-bond acceptors (Lipinski definition) is 3. The summed E-state index contributed by atoms with van der Waals surface area (Å²) in [7, 11) is 1.78. The number of carbonyl (C=O) groups excluding carboxylic acids is 1. The molecule has 1 saturated heterocycles. The summed E-state index contributed by atoms with van der Waals surface area (Å²) in [6, 6.07) is 2.38. The summed E-state index contributed by atoms with van der Waals surface area (Å²) in [6.07, 6.45) is 4.86. The Morgan fingerprint density at radius 3 is 2.92 bits per heavy atom. The maximum absolute atomic E-state index is 14.1. The molecule has 0 amide bonds. The van der Waals surface area contributed by atoms with Gasteiger partial charge in [0.05, 0.1) is 5.02 Å². The molecule has 0 saturated carbocycles. The lowest BCUT2D eigenvalue weighted by molar-refractivity contribution is 0.0795. The van der Waals surface area contributed by atoms with Gasteiger partial charge in [-0.1, -0.05) is 11.6 Å². The van der Waals surface area contributed by atoms with E-state index in [-0.39, 0.29) is 28.8 Å². The fourth-order valence-corrected chi connectivity index (χ4v) is 3.31. The molecule has 128 valence electrons. The van der Waals surface area contributed by atoms with E-state index in [4.69, 9.17) is 11.6 Å². The van der Waals surface area contributed by atoms with Crippen molar-refractivity contribution < 1.29 is 13.6 Å². The van der Waals surface area contributed by atoms with Crippen LogP contribution in [0.4, 0.5) is 8.78 Å². The van der Waals surface area contributed by atoms with Gasteiger partial charge in [0.1, 0.15) is 11.6 Å². The van der Waals surface area contributed by atoms with Crippen molar-refractivity contribution in [1.29, 1.82) is 0 Å². The van der Waals surface area contributed by atoms with Gasteiger partial charge in [-0.3, -0.25) is 9.69 Å². The van der Waals surface area contributed by atoms with E-state index in [2.05, 4.69) is 4.98 Å². The molecule has 0 aliphatic carbocycles. The number of aromatic nitrogens is 2. The highest BCUT2D eigenvalue weighted by atomic mass is 35.5. The van der Waals surface area contributed by atoms with Crippen LogP contribution in [0.15, 0.2) is 24.5 Å². The molecule has 0 spiro atoms. The van der Waals surface area contributed by atoms with E-state index in [9.17, 15) is 13.6 Å². The first-order chi connectivity index (χ1) is 11.5. The number of ketones is 1. The maximum Gasteiger partial charge on any atom is 0.202 e. The Balaban J connectivity index is 1.74. The molecule has 1 aromatic carbocycles. The van der Waals surface area contributed by atoms with Crippen molar-refractivity contribution in [1.82, 2.24) is 14.5 Å². The standard InChI is InChI=1S/C17H18ClF2N3O/c1-22-8-6-21-17(22)16(24)11-3-2-7-23(9-11)10-12-14(19)5-4-13(18)15(12)20/h4-6,8,11H,2-3,7,9-10H2,1H3/t11-/m0/s1. The van der Waals surface area contributed by atoms with Gasteiger partial charge >= 0.3 is 0 Å². The summed E-state index contributed by atoms with van der Waals surface area (Å²) in [5.41, 5.74) is -0.0485. The van der Waals surface area contributed by atoms with E-state index in [0.717, 1.165) is 12.8 Å². The van der Waals surface area contributed by atoms with Crippen molar-refractivity contribution in [2.75, 3.05) is 13.1 Å². The van der Waals surface area contributed by atoms with Gasteiger partial charge in [0, 0.05) is 44.0 Å². The fourth-order valence-electron chi connectivity index (χ4n) is 3.14. The molecule has 2 aromatic rings. The first-order valence-corrected chi connectivity index (χ1v) is 8.21. The van der Waals surface area contributed by atoms with Crippen LogP contribution in [0.2, 0.25) is 5.02 Å². The summed E-state index contributed by atoms with van der Waals surface area (Å²) in [5, 5.41) is -0.0935. The quantitative estimate of drug-likeness (QED) is 0.624. The molecular weight excluding hydrogens is 336 g/mol. The minimum absolute atomic E-state index is 0.0285. The van der Waals surface area contributed by atoms with Gasteiger partial charge in [-0.25, -0.2) is 13.8 Å². The van der Waals surface area contributed by atoms with Gasteiger partial charge in [-0.2, -0.15) is 0 Å². The molecule has 0 radical (unpaired) electrons. The van der Waals surface area contributed by atoms with Crippen LogP contribution in [0.5, 0.6) is 0 Å². The molecule has 1 atom stereocenters. The molecule has 3 rings (SSSR count). The maximum atomic E-state index is 14.1. The molecule has 24 heavy (non-hydrogen) atoms. The average Bonchev–Trinajstić information content (AvgIpc) is 3.01. The summed E-state index contributed by atoms with van der Waals surface area (Å²) >= 11 is 5.74. The SMILES string of the molecule is Cn1ccnc1C(=O)[C@H]1CCCN(Cc2c(F)ccc(Cl)c2F)C1. The molecule has 0 unspecified atom stereocenters. The number of aryl methyl sites for hydroxylation is 1. The second kappa shape index (κ2) is 6.99. The summed E-state index contributed by atoms with van der Waals surface area (Å²) in [5.74, 6) is -1.17. The highest BCUT2D eigenvalue weighted by Gasteiger charge is 2.29.